The quantitative estimate of drug-likeness (QED) is 0.875. The molecule has 1 N–H and O–H groups in total. The topological polar surface area (TPSA) is 42.2 Å². The highest BCUT2D eigenvalue weighted by atomic mass is 16.3. The fraction of sp³-hybridized carbons (Fsp3) is 0.214. The zero-order valence-electron chi connectivity index (χ0n) is 9.77. The molecule has 17 heavy (non-hydrogen) atoms. The molecule has 3 heteroatoms. The van der Waals surface area contributed by atoms with Crippen molar-refractivity contribution < 1.29 is 9.21 Å². The summed E-state index contributed by atoms with van der Waals surface area (Å²) in [6.07, 6.45) is 4.11. The fourth-order valence-electron chi connectivity index (χ4n) is 1.56. The molecule has 1 heterocycles. The summed E-state index contributed by atoms with van der Waals surface area (Å²) in [5.41, 5.74) is 2.94. The molecule has 0 aliphatic rings. The molecule has 0 fully saturated rings. The van der Waals surface area contributed by atoms with Gasteiger partial charge in [-0.2, -0.15) is 0 Å². The van der Waals surface area contributed by atoms with Crippen molar-refractivity contribution in [1.82, 2.24) is 5.32 Å². The lowest BCUT2D eigenvalue weighted by atomic mass is 10.1. The van der Waals surface area contributed by atoms with Crippen LogP contribution < -0.4 is 5.32 Å². The van der Waals surface area contributed by atoms with E-state index in [0.29, 0.717) is 12.1 Å². The average molecular weight is 229 g/mol. The maximum atomic E-state index is 11.7. The Morgan fingerprint density at radius 2 is 2.00 bits per heavy atom. The summed E-state index contributed by atoms with van der Waals surface area (Å²) in [5.74, 6) is -0.0338. The number of rotatable bonds is 4. The van der Waals surface area contributed by atoms with Crippen molar-refractivity contribution in [2.45, 2.75) is 13.3 Å². The predicted octanol–water partition coefficient (Wildman–Crippen LogP) is 2.56. The van der Waals surface area contributed by atoms with Crippen LogP contribution in [0.5, 0.6) is 0 Å². The second kappa shape index (κ2) is 5.34. The second-order valence-corrected chi connectivity index (χ2v) is 4.00. The zero-order chi connectivity index (χ0) is 12.1. The molecular weight excluding hydrogens is 214 g/mol. The summed E-state index contributed by atoms with van der Waals surface area (Å²) < 4.78 is 4.96. The molecule has 2 rings (SSSR count). The Morgan fingerprint density at radius 3 is 2.65 bits per heavy atom. The summed E-state index contributed by atoms with van der Waals surface area (Å²) in [6.45, 7) is 2.62. The predicted molar refractivity (Wildman–Crippen MR) is 65.9 cm³/mol. The molecular formula is C14H15NO2. The Labute approximate surface area is 100 Å². The van der Waals surface area contributed by atoms with Gasteiger partial charge in [0.1, 0.15) is 0 Å². The third-order valence-corrected chi connectivity index (χ3v) is 2.59. The molecule has 0 saturated carbocycles. The molecule has 2 aromatic rings. The zero-order valence-corrected chi connectivity index (χ0v) is 9.77. The van der Waals surface area contributed by atoms with Crippen LogP contribution in [0.25, 0.3) is 0 Å². The fourth-order valence-corrected chi connectivity index (χ4v) is 1.56. The maximum absolute atomic E-state index is 11.7. The molecule has 1 aromatic carbocycles. The van der Waals surface area contributed by atoms with Gasteiger partial charge in [-0.15, -0.1) is 0 Å². The lowest BCUT2D eigenvalue weighted by Gasteiger charge is -2.04. The number of hydrogen-bond acceptors (Lipinski definition) is 2. The van der Waals surface area contributed by atoms with E-state index < -0.39 is 0 Å². The van der Waals surface area contributed by atoms with E-state index >= 15 is 0 Å². The van der Waals surface area contributed by atoms with Crippen molar-refractivity contribution in [3.8, 4) is 0 Å². The Bertz CT molecular complexity index is 471. The standard InChI is InChI=1S/C14H15NO2/c1-11-2-4-13(5-3-11)14(16)15-8-6-12-7-9-17-10-12/h2-5,7,9-10H,6,8H2,1H3,(H,15,16). The molecule has 0 aliphatic heterocycles. The normalized spacial score (nSPS) is 10.2. The first kappa shape index (κ1) is 11.5. The minimum absolute atomic E-state index is 0.0338. The Morgan fingerprint density at radius 1 is 1.24 bits per heavy atom. The van der Waals surface area contributed by atoms with Crippen molar-refractivity contribution in [3.05, 3.63) is 59.5 Å². The number of nitrogens with one attached hydrogen (secondary N) is 1. The van der Waals surface area contributed by atoms with Gasteiger partial charge < -0.3 is 9.73 Å². The van der Waals surface area contributed by atoms with E-state index in [9.17, 15) is 4.79 Å². The number of furan rings is 1. The number of aryl methyl sites for hydroxylation is 1. The molecule has 88 valence electrons. The highest BCUT2D eigenvalue weighted by Crippen LogP contribution is 2.03. The van der Waals surface area contributed by atoms with Crippen LogP contribution in [0, 0.1) is 6.92 Å². The van der Waals surface area contributed by atoms with E-state index in [2.05, 4.69) is 5.32 Å². The van der Waals surface area contributed by atoms with Crippen LogP contribution in [0.1, 0.15) is 21.5 Å². The van der Waals surface area contributed by atoms with Crippen molar-refractivity contribution >= 4 is 5.91 Å². The van der Waals surface area contributed by atoms with Gasteiger partial charge in [-0.3, -0.25) is 4.79 Å². The molecule has 0 unspecified atom stereocenters. The molecule has 3 nitrogen and oxygen atoms in total. The van der Waals surface area contributed by atoms with Gasteiger partial charge in [-0.1, -0.05) is 17.7 Å². The van der Waals surface area contributed by atoms with Crippen LogP contribution >= 0.6 is 0 Å². The molecule has 1 amide bonds. The minimum Gasteiger partial charge on any atom is -0.472 e. The van der Waals surface area contributed by atoms with E-state index in [1.807, 2.05) is 37.3 Å². The van der Waals surface area contributed by atoms with Crippen LogP contribution in [-0.2, 0) is 6.42 Å². The Kier molecular flexibility index (Phi) is 3.60. The van der Waals surface area contributed by atoms with Crippen molar-refractivity contribution in [1.29, 1.82) is 0 Å². The summed E-state index contributed by atoms with van der Waals surface area (Å²) in [4.78, 5) is 11.7. The smallest absolute Gasteiger partial charge is 0.251 e. The van der Waals surface area contributed by atoms with E-state index in [0.717, 1.165) is 17.5 Å². The molecule has 0 saturated heterocycles. The lowest BCUT2D eigenvalue weighted by Crippen LogP contribution is -2.25. The summed E-state index contributed by atoms with van der Waals surface area (Å²) in [5, 5.41) is 2.88. The number of carbonyl (C=O) groups is 1. The number of benzene rings is 1. The number of carbonyl (C=O) groups excluding carboxylic acids is 1. The number of amides is 1. The van der Waals surface area contributed by atoms with Gasteiger partial charge in [0, 0.05) is 12.1 Å². The van der Waals surface area contributed by atoms with Gasteiger partial charge in [0.05, 0.1) is 12.5 Å². The van der Waals surface area contributed by atoms with Gasteiger partial charge in [-0.25, -0.2) is 0 Å². The van der Waals surface area contributed by atoms with Crippen molar-refractivity contribution in [2.75, 3.05) is 6.54 Å². The van der Waals surface area contributed by atoms with Crippen molar-refractivity contribution in [2.24, 2.45) is 0 Å². The van der Waals surface area contributed by atoms with Crippen LogP contribution in [0.3, 0.4) is 0 Å². The molecule has 0 radical (unpaired) electrons. The van der Waals surface area contributed by atoms with Crippen LogP contribution in [0.4, 0.5) is 0 Å². The maximum Gasteiger partial charge on any atom is 0.251 e. The Balaban J connectivity index is 1.83. The van der Waals surface area contributed by atoms with E-state index in [1.165, 1.54) is 0 Å². The molecule has 1 aromatic heterocycles. The van der Waals surface area contributed by atoms with Gasteiger partial charge in [0.15, 0.2) is 0 Å². The van der Waals surface area contributed by atoms with Gasteiger partial charge >= 0.3 is 0 Å². The van der Waals surface area contributed by atoms with Crippen LogP contribution in [-0.4, -0.2) is 12.5 Å². The van der Waals surface area contributed by atoms with Crippen LogP contribution in [0.15, 0.2) is 47.3 Å². The first-order valence-corrected chi connectivity index (χ1v) is 5.61. The molecule has 0 spiro atoms. The first-order valence-electron chi connectivity index (χ1n) is 5.61. The van der Waals surface area contributed by atoms with Crippen molar-refractivity contribution in [3.63, 3.8) is 0 Å². The number of hydrogen-bond donors (Lipinski definition) is 1. The second-order valence-electron chi connectivity index (χ2n) is 4.00. The summed E-state index contributed by atoms with van der Waals surface area (Å²) in [6, 6.07) is 9.44. The monoisotopic (exact) mass is 229 g/mol. The van der Waals surface area contributed by atoms with Crippen LogP contribution in [0.2, 0.25) is 0 Å². The summed E-state index contributed by atoms with van der Waals surface area (Å²) in [7, 11) is 0. The summed E-state index contributed by atoms with van der Waals surface area (Å²) >= 11 is 0. The largest absolute Gasteiger partial charge is 0.472 e. The molecule has 0 aliphatic carbocycles. The molecule has 0 atom stereocenters. The van der Waals surface area contributed by atoms with Gasteiger partial charge in [0.2, 0.25) is 0 Å². The van der Waals surface area contributed by atoms with E-state index in [-0.39, 0.29) is 5.91 Å². The third kappa shape index (κ3) is 3.21. The first-order chi connectivity index (χ1) is 8.25. The van der Waals surface area contributed by atoms with Gasteiger partial charge in [-0.05, 0) is 37.1 Å². The lowest BCUT2D eigenvalue weighted by molar-refractivity contribution is 0.0954. The SMILES string of the molecule is Cc1ccc(C(=O)NCCc2ccoc2)cc1. The minimum atomic E-state index is -0.0338. The van der Waals surface area contributed by atoms with E-state index in [1.54, 1.807) is 12.5 Å². The average Bonchev–Trinajstić information content (AvgIpc) is 2.83. The Hall–Kier alpha value is -2.03. The van der Waals surface area contributed by atoms with E-state index in [4.69, 9.17) is 4.42 Å². The third-order valence-electron chi connectivity index (χ3n) is 2.59. The highest BCUT2D eigenvalue weighted by molar-refractivity contribution is 5.94. The van der Waals surface area contributed by atoms with Gasteiger partial charge in [0.25, 0.3) is 5.91 Å². The highest BCUT2D eigenvalue weighted by Gasteiger charge is 2.04. The molecule has 0 bridgehead atoms.